The number of rotatable bonds is 9. The number of anilines is 2. The fourth-order valence-electron chi connectivity index (χ4n) is 4.99. The summed E-state index contributed by atoms with van der Waals surface area (Å²) < 4.78 is 11.9. The number of ether oxygens (including phenoxy) is 2. The Kier molecular flexibility index (Phi) is 8.21. The van der Waals surface area contributed by atoms with E-state index < -0.39 is 0 Å². The van der Waals surface area contributed by atoms with Gasteiger partial charge in [-0.25, -0.2) is 9.97 Å². The number of amides is 1. The Morgan fingerprint density at radius 1 is 1.07 bits per heavy atom. The minimum Gasteiger partial charge on any atom is -0.493 e. The van der Waals surface area contributed by atoms with E-state index in [0.29, 0.717) is 23.1 Å². The SMILES string of the molecule is CCC(C)Oc1cc2c(cc1OC)CC(=O)N(c1ccc(N(C)Cc3ccncn3)cc1)C2c1ccc(Cl)cc1. The maximum absolute atomic E-state index is 13.8. The van der Waals surface area contributed by atoms with E-state index >= 15 is 0 Å². The maximum Gasteiger partial charge on any atom is 0.232 e. The second-order valence-electron chi connectivity index (χ2n) is 10.0. The summed E-state index contributed by atoms with van der Waals surface area (Å²) >= 11 is 6.25. The van der Waals surface area contributed by atoms with E-state index in [1.807, 2.05) is 85.6 Å². The Balaban J connectivity index is 1.54. The highest BCUT2D eigenvalue weighted by atomic mass is 35.5. The van der Waals surface area contributed by atoms with Crippen molar-refractivity contribution in [2.75, 3.05) is 24.0 Å². The van der Waals surface area contributed by atoms with Gasteiger partial charge in [-0.15, -0.1) is 0 Å². The fourth-order valence-corrected chi connectivity index (χ4v) is 5.11. The van der Waals surface area contributed by atoms with Crippen LogP contribution in [0.4, 0.5) is 11.4 Å². The van der Waals surface area contributed by atoms with Crippen molar-refractivity contribution in [3.63, 3.8) is 0 Å². The molecule has 2 heterocycles. The van der Waals surface area contributed by atoms with Gasteiger partial charge in [-0.2, -0.15) is 0 Å². The fraction of sp³-hybridized carbons (Fsp3) is 0.281. The third kappa shape index (κ3) is 5.75. The van der Waals surface area contributed by atoms with E-state index in [1.165, 1.54) is 0 Å². The van der Waals surface area contributed by atoms with Crippen LogP contribution in [-0.2, 0) is 17.8 Å². The second kappa shape index (κ2) is 12.0. The Morgan fingerprint density at radius 3 is 2.48 bits per heavy atom. The summed E-state index contributed by atoms with van der Waals surface area (Å²) in [6.45, 7) is 4.77. The van der Waals surface area contributed by atoms with Gasteiger partial charge in [0.15, 0.2) is 11.5 Å². The number of methoxy groups -OCH3 is 1. The van der Waals surface area contributed by atoms with Crippen LogP contribution in [0.1, 0.15) is 48.7 Å². The van der Waals surface area contributed by atoms with E-state index in [9.17, 15) is 4.79 Å². The molecule has 0 bridgehead atoms. The largest absolute Gasteiger partial charge is 0.493 e. The molecular weight excluding hydrogens is 524 g/mol. The van der Waals surface area contributed by atoms with E-state index in [-0.39, 0.29) is 24.5 Å². The number of halogens is 1. The average molecular weight is 557 g/mol. The summed E-state index contributed by atoms with van der Waals surface area (Å²) in [5, 5.41) is 0.643. The van der Waals surface area contributed by atoms with Crippen molar-refractivity contribution < 1.29 is 14.3 Å². The van der Waals surface area contributed by atoms with E-state index in [4.69, 9.17) is 21.1 Å². The molecule has 1 amide bonds. The van der Waals surface area contributed by atoms with Crippen LogP contribution in [0.15, 0.2) is 79.3 Å². The normalized spacial score (nSPS) is 15.4. The standard InChI is InChI=1S/C32H33ClN4O3/c1-5-21(2)40-30-18-28-23(16-29(30)39-4)17-31(38)37(32(28)22-6-8-24(33)9-7-22)27-12-10-26(11-13-27)36(3)19-25-14-15-34-20-35-25/h6-16,18,20-21,32H,5,17,19H2,1-4H3. The summed E-state index contributed by atoms with van der Waals surface area (Å²) in [5.41, 5.74) is 5.65. The zero-order chi connectivity index (χ0) is 28.2. The number of hydrogen-bond donors (Lipinski definition) is 0. The Labute approximate surface area is 240 Å². The Morgan fingerprint density at radius 2 is 1.82 bits per heavy atom. The Hall–Kier alpha value is -4.10. The number of hydrogen-bond acceptors (Lipinski definition) is 6. The third-order valence-electron chi connectivity index (χ3n) is 7.29. The molecule has 0 radical (unpaired) electrons. The zero-order valence-corrected chi connectivity index (χ0v) is 23.9. The molecule has 1 aliphatic heterocycles. The highest BCUT2D eigenvalue weighted by Crippen LogP contribution is 2.44. The lowest BCUT2D eigenvalue weighted by Crippen LogP contribution is -2.41. The van der Waals surface area contributed by atoms with Crippen molar-refractivity contribution in [3.8, 4) is 11.5 Å². The average Bonchev–Trinajstić information content (AvgIpc) is 2.97. The van der Waals surface area contributed by atoms with Crippen molar-refractivity contribution in [2.45, 2.75) is 45.4 Å². The van der Waals surface area contributed by atoms with Crippen molar-refractivity contribution >= 4 is 28.9 Å². The van der Waals surface area contributed by atoms with Crippen LogP contribution in [0.25, 0.3) is 0 Å². The molecule has 0 fully saturated rings. The minimum atomic E-state index is -0.358. The maximum atomic E-state index is 13.8. The number of carbonyl (C=O) groups is 1. The quantitative estimate of drug-likeness (QED) is 0.230. The van der Waals surface area contributed by atoms with Gasteiger partial charge in [0.25, 0.3) is 0 Å². The topological polar surface area (TPSA) is 67.8 Å². The first-order chi connectivity index (χ1) is 19.4. The molecule has 2 atom stereocenters. The monoisotopic (exact) mass is 556 g/mol. The summed E-state index contributed by atoms with van der Waals surface area (Å²) in [5.74, 6) is 1.31. The molecule has 0 saturated carbocycles. The number of fused-ring (bicyclic) bond motifs is 1. The molecular formula is C32H33ClN4O3. The zero-order valence-electron chi connectivity index (χ0n) is 23.2. The van der Waals surface area contributed by atoms with Crippen LogP contribution in [0.5, 0.6) is 11.5 Å². The van der Waals surface area contributed by atoms with Gasteiger partial charge in [0.05, 0.1) is 37.9 Å². The molecule has 0 saturated heterocycles. The van der Waals surface area contributed by atoms with Gasteiger partial charge < -0.3 is 19.3 Å². The molecule has 8 heteroatoms. The van der Waals surface area contributed by atoms with E-state index in [2.05, 4.69) is 21.8 Å². The smallest absolute Gasteiger partial charge is 0.232 e. The van der Waals surface area contributed by atoms with Crippen molar-refractivity contribution in [1.29, 1.82) is 0 Å². The third-order valence-corrected chi connectivity index (χ3v) is 7.54. The van der Waals surface area contributed by atoms with E-state index in [0.717, 1.165) is 40.2 Å². The van der Waals surface area contributed by atoms with Crippen LogP contribution in [-0.4, -0.2) is 36.1 Å². The van der Waals surface area contributed by atoms with Gasteiger partial charge in [-0.05, 0) is 84.6 Å². The van der Waals surface area contributed by atoms with Gasteiger partial charge in [-0.1, -0.05) is 30.7 Å². The molecule has 1 aliphatic rings. The van der Waals surface area contributed by atoms with Gasteiger partial charge in [0.1, 0.15) is 6.33 Å². The molecule has 7 nitrogen and oxygen atoms in total. The molecule has 2 unspecified atom stereocenters. The van der Waals surface area contributed by atoms with Gasteiger partial charge in [0.2, 0.25) is 5.91 Å². The highest BCUT2D eigenvalue weighted by Gasteiger charge is 2.36. The molecule has 0 aliphatic carbocycles. The van der Waals surface area contributed by atoms with Crippen LogP contribution in [0, 0.1) is 0 Å². The van der Waals surface area contributed by atoms with Crippen molar-refractivity contribution in [1.82, 2.24) is 9.97 Å². The number of nitrogens with zero attached hydrogens (tertiary/aromatic N) is 4. The first-order valence-electron chi connectivity index (χ1n) is 13.4. The van der Waals surface area contributed by atoms with Crippen LogP contribution < -0.4 is 19.3 Å². The predicted molar refractivity (Wildman–Crippen MR) is 158 cm³/mol. The van der Waals surface area contributed by atoms with Gasteiger partial charge in [0, 0.05) is 29.6 Å². The summed E-state index contributed by atoms with van der Waals surface area (Å²) in [7, 11) is 3.64. The van der Waals surface area contributed by atoms with Gasteiger partial charge >= 0.3 is 0 Å². The lowest BCUT2D eigenvalue weighted by molar-refractivity contribution is -0.118. The molecule has 3 aromatic carbocycles. The first-order valence-corrected chi connectivity index (χ1v) is 13.8. The number of benzene rings is 3. The second-order valence-corrected chi connectivity index (χ2v) is 10.4. The van der Waals surface area contributed by atoms with Crippen LogP contribution in [0.3, 0.4) is 0 Å². The summed E-state index contributed by atoms with van der Waals surface area (Å²) in [6, 6.07) is 21.3. The molecule has 0 spiro atoms. The predicted octanol–water partition coefficient (Wildman–Crippen LogP) is 6.63. The highest BCUT2D eigenvalue weighted by molar-refractivity contribution is 6.30. The van der Waals surface area contributed by atoms with E-state index in [1.54, 1.807) is 19.6 Å². The molecule has 40 heavy (non-hydrogen) atoms. The molecule has 0 N–H and O–H groups in total. The number of carbonyl (C=O) groups excluding carboxylic acids is 1. The van der Waals surface area contributed by atoms with Gasteiger partial charge in [-0.3, -0.25) is 4.79 Å². The first kappa shape index (κ1) is 27.5. The molecule has 206 valence electrons. The molecule has 1 aromatic heterocycles. The molecule has 5 rings (SSSR count). The minimum absolute atomic E-state index is 0.00666. The Bertz CT molecular complexity index is 1460. The lowest BCUT2D eigenvalue weighted by Gasteiger charge is -2.38. The lowest BCUT2D eigenvalue weighted by atomic mass is 9.86. The molecule has 4 aromatic rings. The summed E-state index contributed by atoms with van der Waals surface area (Å²) in [6.07, 6.45) is 4.44. The van der Waals surface area contributed by atoms with Crippen molar-refractivity contribution in [2.24, 2.45) is 0 Å². The summed E-state index contributed by atoms with van der Waals surface area (Å²) in [4.78, 5) is 26.1. The van der Waals surface area contributed by atoms with Crippen LogP contribution >= 0.6 is 11.6 Å². The number of aromatic nitrogens is 2. The van der Waals surface area contributed by atoms with Crippen LogP contribution in [0.2, 0.25) is 5.02 Å². The van der Waals surface area contributed by atoms with Crippen molar-refractivity contribution in [3.05, 3.63) is 107 Å².